The average Bonchev–Trinajstić information content (AvgIpc) is 2.42. The van der Waals surface area contributed by atoms with E-state index in [0.717, 1.165) is 5.69 Å². The van der Waals surface area contributed by atoms with Crippen LogP contribution in [0.4, 0.5) is 11.4 Å². The van der Waals surface area contributed by atoms with Crippen LogP contribution in [0.5, 0.6) is 5.75 Å². The van der Waals surface area contributed by atoms with Crippen LogP contribution in [-0.2, 0) is 0 Å². The molecule has 2 aromatic carbocycles. The summed E-state index contributed by atoms with van der Waals surface area (Å²) in [5.74, 6) is 0.234. The van der Waals surface area contributed by atoms with Gasteiger partial charge in [0.15, 0.2) is 0 Å². The van der Waals surface area contributed by atoms with Gasteiger partial charge in [0.2, 0.25) is 0 Å². The summed E-state index contributed by atoms with van der Waals surface area (Å²) in [6.45, 7) is 2.66. The van der Waals surface area contributed by atoms with Gasteiger partial charge in [-0.2, -0.15) is 0 Å². The Kier molecular flexibility index (Phi) is 3.97. The predicted molar refractivity (Wildman–Crippen MR) is 73.2 cm³/mol. The van der Waals surface area contributed by atoms with E-state index in [9.17, 15) is 10.1 Å². The number of para-hydroxylation sites is 3. The molecular weight excluding hydrogens is 244 g/mol. The molecule has 0 aliphatic heterocycles. The van der Waals surface area contributed by atoms with E-state index in [0.29, 0.717) is 12.2 Å². The number of nitrogens with zero attached hydrogens (tertiary/aromatic N) is 2. The van der Waals surface area contributed by atoms with E-state index in [-0.39, 0.29) is 5.75 Å². The fourth-order valence-corrected chi connectivity index (χ4v) is 1.94. The van der Waals surface area contributed by atoms with Crippen LogP contribution in [-0.4, -0.2) is 11.6 Å². The van der Waals surface area contributed by atoms with Crippen molar-refractivity contribution in [2.24, 2.45) is 0 Å². The Morgan fingerprint density at radius 1 is 1.11 bits per heavy atom. The van der Waals surface area contributed by atoms with Gasteiger partial charge in [0.05, 0.1) is 5.69 Å². The van der Waals surface area contributed by atoms with Gasteiger partial charge in [0.1, 0.15) is 5.75 Å². The molecule has 0 aliphatic carbocycles. The molecule has 0 radical (unpaired) electrons. The zero-order valence-corrected chi connectivity index (χ0v) is 10.5. The Hall–Kier alpha value is -2.56. The monoisotopic (exact) mass is 258 g/mol. The highest BCUT2D eigenvalue weighted by Crippen LogP contribution is 2.33. The van der Waals surface area contributed by atoms with Gasteiger partial charge in [0.25, 0.3) is 5.09 Å². The number of hydrogen-bond donors (Lipinski definition) is 0. The van der Waals surface area contributed by atoms with E-state index in [1.165, 1.54) is 0 Å². The van der Waals surface area contributed by atoms with Gasteiger partial charge in [-0.05, 0) is 31.2 Å². The average molecular weight is 258 g/mol. The first-order valence-corrected chi connectivity index (χ1v) is 5.96. The van der Waals surface area contributed by atoms with Gasteiger partial charge >= 0.3 is 0 Å². The summed E-state index contributed by atoms with van der Waals surface area (Å²) >= 11 is 0. The standard InChI is InChI=1S/C14H14N2O3/c1-2-15(12-8-4-3-5-9-12)13-10-6-7-11-14(13)19-16(17)18/h3-11H,2H2,1H3. The van der Waals surface area contributed by atoms with E-state index < -0.39 is 5.09 Å². The van der Waals surface area contributed by atoms with E-state index in [1.807, 2.05) is 48.2 Å². The number of anilines is 2. The summed E-state index contributed by atoms with van der Waals surface area (Å²) in [6, 6.07) is 16.6. The van der Waals surface area contributed by atoms with Crippen molar-refractivity contribution in [3.8, 4) is 5.75 Å². The van der Waals surface area contributed by atoms with Crippen molar-refractivity contribution < 1.29 is 9.92 Å². The minimum atomic E-state index is -0.794. The molecule has 0 aliphatic rings. The maximum Gasteiger partial charge on any atom is 0.299 e. The molecule has 19 heavy (non-hydrogen) atoms. The van der Waals surface area contributed by atoms with Crippen LogP contribution in [0.2, 0.25) is 0 Å². The molecule has 2 aromatic rings. The second-order valence-corrected chi connectivity index (χ2v) is 3.86. The van der Waals surface area contributed by atoms with Crippen LogP contribution in [0, 0.1) is 10.1 Å². The molecular formula is C14H14N2O3. The molecule has 0 bridgehead atoms. The van der Waals surface area contributed by atoms with Crippen LogP contribution in [0.25, 0.3) is 0 Å². The number of benzene rings is 2. The molecule has 0 atom stereocenters. The molecule has 0 heterocycles. The fraction of sp³-hybridized carbons (Fsp3) is 0.143. The molecule has 0 aromatic heterocycles. The van der Waals surface area contributed by atoms with Crippen molar-refractivity contribution in [2.75, 3.05) is 11.4 Å². The second kappa shape index (κ2) is 5.86. The van der Waals surface area contributed by atoms with Crippen molar-refractivity contribution >= 4 is 11.4 Å². The van der Waals surface area contributed by atoms with Crippen molar-refractivity contribution in [1.29, 1.82) is 0 Å². The van der Waals surface area contributed by atoms with Crippen molar-refractivity contribution in [3.63, 3.8) is 0 Å². The van der Waals surface area contributed by atoms with Gasteiger partial charge in [-0.25, -0.2) is 0 Å². The minimum absolute atomic E-state index is 0.234. The van der Waals surface area contributed by atoms with Gasteiger partial charge in [-0.3, -0.25) is 4.84 Å². The molecule has 5 heteroatoms. The zero-order chi connectivity index (χ0) is 13.7. The minimum Gasteiger partial charge on any atom is -0.340 e. The molecule has 0 saturated carbocycles. The predicted octanol–water partition coefficient (Wildman–Crippen LogP) is 3.42. The zero-order valence-electron chi connectivity index (χ0n) is 10.5. The lowest BCUT2D eigenvalue weighted by molar-refractivity contribution is -0.710. The summed E-state index contributed by atoms with van der Waals surface area (Å²) in [4.78, 5) is 17.1. The summed E-state index contributed by atoms with van der Waals surface area (Å²) in [5.41, 5.74) is 1.64. The maximum absolute atomic E-state index is 10.5. The first kappa shape index (κ1) is 12.9. The van der Waals surface area contributed by atoms with Gasteiger partial charge in [0, 0.05) is 12.2 Å². The molecule has 2 rings (SSSR count). The van der Waals surface area contributed by atoms with Crippen molar-refractivity contribution in [3.05, 3.63) is 64.7 Å². The third-order valence-corrected chi connectivity index (χ3v) is 2.71. The lowest BCUT2D eigenvalue weighted by Crippen LogP contribution is -2.17. The van der Waals surface area contributed by atoms with Crippen LogP contribution < -0.4 is 9.74 Å². The number of hydrogen-bond acceptors (Lipinski definition) is 4. The molecule has 0 fully saturated rings. The van der Waals surface area contributed by atoms with E-state index in [2.05, 4.69) is 4.84 Å². The van der Waals surface area contributed by atoms with E-state index in [4.69, 9.17) is 0 Å². The Balaban J connectivity index is 2.41. The van der Waals surface area contributed by atoms with E-state index >= 15 is 0 Å². The highest BCUT2D eigenvalue weighted by molar-refractivity contribution is 5.68. The van der Waals surface area contributed by atoms with Gasteiger partial charge in [-0.15, -0.1) is 10.1 Å². The first-order chi connectivity index (χ1) is 9.22. The molecule has 5 nitrogen and oxygen atoms in total. The normalized spacial score (nSPS) is 9.95. The first-order valence-electron chi connectivity index (χ1n) is 5.96. The largest absolute Gasteiger partial charge is 0.340 e. The Bertz CT molecular complexity index is 558. The lowest BCUT2D eigenvalue weighted by atomic mass is 10.2. The fourth-order valence-electron chi connectivity index (χ4n) is 1.94. The summed E-state index contributed by atoms with van der Waals surface area (Å²) < 4.78 is 0. The van der Waals surface area contributed by atoms with Crippen molar-refractivity contribution in [1.82, 2.24) is 0 Å². The van der Waals surface area contributed by atoms with Gasteiger partial charge in [-0.1, -0.05) is 30.3 Å². The Morgan fingerprint density at radius 2 is 1.74 bits per heavy atom. The molecule has 0 N–H and O–H groups in total. The summed E-state index contributed by atoms with van der Waals surface area (Å²) in [6.07, 6.45) is 0. The molecule has 0 spiro atoms. The quantitative estimate of drug-likeness (QED) is 0.609. The van der Waals surface area contributed by atoms with E-state index in [1.54, 1.807) is 18.2 Å². The summed E-state index contributed by atoms with van der Waals surface area (Å²) in [7, 11) is 0. The molecule has 0 saturated heterocycles. The third kappa shape index (κ3) is 3.01. The molecule has 98 valence electrons. The highest BCUT2D eigenvalue weighted by atomic mass is 17.0. The third-order valence-electron chi connectivity index (χ3n) is 2.71. The van der Waals surface area contributed by atoms with Crippen LogP contribution in [0.3, 0.4) is 0 Å². The Labute approximate surface area is 111 Å². The smallest absolute Gasteiger partial charge is 0.299 e. The van der Waals surface area contributed by atoms with Crippen molar-refractivity contribution in [2.45, 2.75) is 6.92 Å². The van der Waals surface area contributed by atoms with Crippen LogP contribution >= 0.6 is 0 Å². The highest BCUT2D eigenvalue weighted by Gasteiger charge is 2.13. The maximum atomic E-state index is 10.5. The van der Waals surface area contributed by atoms with Gasteiger partial charge < -0.3 is 4.90 Å². The van der Waals surface area contributed by atoms with Crippen LogP contribution in [0.1, 0.15) is 6.92 Å². The summed E-state index contributed by atoms with van der Waals surface area (Å²) in [5, 5.41) is 9.74. The Morgan fingerprint density at radius 3 is 2.37 bits per heavy atom. The second-order valence-electron chi connectivity index (χ2n) is 3.86. The van der Waals surface area contributed by atoms with Crippen LogP contribution in [0.15, 0.2) is 54.6 Å². The molecule has 0 unspecified atom stereocenters. The SMILES string of the molecule is CCN(c1ccccc1)c1ccccc1O[N+](=O)[O-]. The number of rotatable bonds is 5. The molecule has 0 amide bonds. The lowest BCUT2D eigenvalue weighted by Gasteiger charge is -2.24. The topological polar surface area (TPSA) is 55.6 Å².